The summed E-state index contributed by atoms with van der Waals surface area (Å²) in [6, 6.07) is 7.73. The number of carbonyl (C=O) groups excluding carboxylic acids is 2. The number of fused-ring (bicyclic) bond motifs is 4. The van der Waals surface area contributed by atoms with Gasteiger partial charge in [-0.1, -0.05) is 6.92 Å². The molecular formula is C23H27NO5. The molecule has 154 valence electrons. The van der Waals surface area contributed by atoms with Crippen LogP contribution in [0.1, 0.15) is 33.6 Å². The van der Waals surface area contributed by atoms with Crippen LogP contribution in [0.25, 0.3) is 0 Å². The normalized spacial score (nSPS) is 42.5. The maximum atomic E-state index is 13.1. The van der Waals surface area contributed by atoms with Crippen LogP contribution in [0, 0.1) is 17.3 Å². The van der Waals surface area contributed by atoms with Crippen LogP contribution in [-0.4, -0.2) is 47.3 Å². The first-order valence-electron chi connectivity index (χ1n) is 10.5. The molecule has 0 amide bonds. The fraction of sp³-hybridized carbons (Fsp3) is 0.565. The van der Waals surface area contributed by atoms with E-state index in [-0.39, 0.29) is 23.6 Å². The Kier molecular flexibility index (Phi) is 3.77. The molecule has 3 unspecified atom stereocenters. The van der Waals surface area contributed by atoms with Crippen molar-refractivity contribution in [1.29, 1.82) is 0 Å². The number of anilines is 1. The number of hydrogen-bond acceptors (Lipinski definition) is 6. The molecule has 1 saturated carbocycles. The van der Waals surface area contributed by atoms with Crippen molar-refractivity contribution >= 4 is 17.4 Å². The zero-order valence-electron chi connectivity index (χ0n) is 17.1. The molecule has 4 aliphatic rings. The molecule has 6 atom stereocenters. The number of ketones is 1. The summed E-state index contributed by atoms with van der Waals surface area (Å²) in [5.74, 6) is 0.143. The number of esters is 1. The van der Waals surface area contributed by atoms with Gasteiger partial charge >= 0.3 is 5.97 Å². The minimum atomic E-state index is -1.28. The molecule has 0 radical (unpaired) electrons. The summed E-state index contributed by atoms with van der Waals surface area (Å²) in [6.07, 6.45) is 3.94. The Morgan fingerprint density at radius 1 is 1.24 bits per heavy atom. The van der Waals surface area contributed by atoms with E-state index in [9.17, 15) is 14.7 Å². The van der Waals surface area contributed by atoms with E-state index in [1.807, 2.05) is 38.1 Å². The number of benzene rings is 1. The molecule has 2 saturated heterocycles. The third-order valence-electron chi connectivity index (χ3n) is 7.87. The Balaban J connectivity index is 1.50. The number of nitrogens with zero attached hydrogens (tertiary/aromatic N) is 1. The average Bonchev–Trinajstić information content (AvgIpc) is 3.34. The van der Waals surface area contributed by atoms with Crippen molar-refractivity contribution < 1.29 is 24.2 Å². The third-order valence-corrected chi connectivity index (χ3v) is 7.87. The van der Waals surface area contributed by atoms with Crippen molar-refractivity contribution in [2.75, 3.05) is 18.1 Å². The summed E-state index contributed by atoms with van der Waals surface area (Å²) < 4.78 is 11.4. The minimum absolute atomic E-state index is 0.0887. The standard InChI is InChI=1S/C23H27NO5/c1-4-28-16-8-6-15(7-9-16)24-13-22(24)17-10-5-14(2)23(27)12-11-18(25)21(23,3)19(17)29-20(22)26/h6-9,11-12,14,17,19,27H,4-5,10,13H2,1-3H3/t14-,17?,19?,21-,22?,23+,24?/m0/s1. The van der Waals surface area contributed by atoms with Gasteiger partial charge in [0.2, 0.25) is 0 Å². The molecule has 1 aromatic rings. The molecule has 1 spiro atoms. The molecule has 5 rings (SSSR count). The van der Waals surface area contributed by atoms with E-state index in [1.54, 1.807) is 13.0 Å². The Hall–Kier alpha value is -2.34. The van der Waals surface area contributed by atoms with Crippen LogP contribution in [0.2, 0.25) is 0 Å². The fourth-order valence-electron chi connectivity index (χ4n) is 5.96. The highest BCUT2D eigenvalue weighted by atomic mass is 16.6. The zero-order valence-corrected chi connectivity index (χ0v) is 17.1. The largest absolute Gasteiger partial charge is 0.494 e. The second-order valence-corrected chi connectivity index (χ2v) is 9.07. The molecule has 2 heterocycles. The van der Waals surface area contributed by atoms with Gasteiger partial charge in [0.15, 0.2) is 11.3 Å². The zero-order chi connectivity index (χ0) is 20.6. The van der Waals surface area contributed by atoms with E-state index in [0.29, 0.717) is 13.2 Å². The summed E-state index contributed by atoms with van der Waals surface area (Å²) in [7, 11) is 0. The molecule has 6 nitrogen and oxygen atoms in total. The number of hydrogen-bond donors (Lipinski definition) is 1. The van der Waals surface area contributed by atoms with E-state index < -0.39 is 22.7 Å². The molecule has 1 aromatic carbocycles. The SMILES string of the molecule is CCOc1ccc(N2CC23C(=O)OC2C3CC[C@H](C)[C@]3(O)C=CC(=O)[C@@]23C)cc1. The first-order valence-corrected chi connectivity index (χ1v) is 10.5. The molecule has 0 aromatic heterocycles. The Bertz CT molecular complexity index is 910. The van der Waals surface area contributed by atoms with E-state index in [1.165, 1.54) is 6.08 Å². The summed E-state index contributed by atoms with van der Waals surface area (Å²) in [6.45, 7) is 6.87. The average molecular weight is 397 g/mol. The minimum Gasteiger partial charge on any atom is -0.494 e. The lowest BCUT2D eigenvalue weighted by atomic mass is 9.64. The number of ether oxygens (including phenoxy) is 2. The van der Waals surface area contributed by atoms with Crippen LogP contribution in [0.5, 0.6) is 5.75 Å². The Morgan fingerprint density at radius 3 is 2.66 bits per heavy atom. The predicted molar refractivity (Wildman–Crippen MR) is 107 cm³/mol. The molecule has 0 bridgehead atoms. The highest BCUT2D eigenvalue weighted by Gasteiger charge is 2.77. The lowest BCUT2D eigenvalue weighted by Crippen LogP contribution is -2.57. The highest BCUT2D eigenvalue weighted by Crippen LogP contribution is 2.62. The van der Waals surface area contributed by atoms with Crippen LogP contribution in [0.15, 0.2) is 36.4 Å². The van der Waals surface area contributed by atoms with E-state index in [2.05, 4.69) is 4.90 Å². The fourth-order valence-corrected chi connectivity index (χ4v) is 5.96. The van der Waals surface area contributed by atoms with Crippen molar-refractivity contribution in [3.05, 3.63) is 36.4 Å². The number of carbonyl (C=O) groups is 2. The van der Waals surface area contributed by atoms with Crippen LogP contribution in [0.4, 0.5) is 5.69 Å². The number of aliphatic hydroxyl groups is 1. The van der Waals surface area contributed by atoms with Gasteiger partial charge in [-0.15, -0.1) is 0 Å². The maximum absolute atomic E-state index is 13.1. The number of rotatable bonds is 3. The first-order chi connectivity index (χ1) is 13.8. The van der Waals surface area contributed by atoms with Crippen LogP contribution in [-0.2, 0) is 14.3 Å². The predicted octanol–water partition coefficient (Wildman–Crippen LogP) is 2.49. The van der Waals surface area contributed by atoms with E-state index in [0.717, 1.165) is 24.3 Å². The third kappa shape index (κ3) is 2.15. The first kappa shape index (κ1) is 18.7. The van der Waals surface area contributed by atoms with Crippen LogP contribution in [0.3, 0.4) is 0 Å². The molecule has 1 N–H and O–H groups in total. The van der Waals surface area contributed by atoms with Crippen molar-refractivity contribution in [2.24, 2.45) is 17.3 Å². The number of allylic oxidation sites excluding steroid dienone is 1. The van der Waals surface area contributed by atoms with Crippen LogP contribution < -0.4 is 9.64 Å². The monoisotopic (exact) mass is 397 g/mol. The van der Waals surface area contributed by atoms with Gasteiger partial charge in [0.1, 0.15) is 17.5 Å². The summed E-state index contributed by atoms with van der Waals surface area (Å²) in [5, 5.41) is 11.5. The van der Waals surface area contributed by atoms with E-state index in [4.69, 9.17) is 9.47 Å². The highest BCUT2D eigenvalue weighted by molar-refractivity contribution is 6.02. The second kappa shape index (κ2) is 5.85. The Morgan fingerprint density at radius 2 is 1.97 bits per heavy atom. The summed E-state index contributed by atoms with van der Waals surface area (Å²) >= 11 is 0. The van der Waals surface area contributed by atoms with Crippen molar-refractivity contribution in [3.63, 3.8) is 0 Å². The quantitative estimate of drug-likeness (QED) is 0.624. The smallest absolute Gasteiger partial charge is 0.334 e. The van der Waals surface area contributed by atoms with Gasteiger partial charge in [0, 0.05) is 11.6 Å². The van der Waals surface area contributed by atoms with Gasteiger partial charge in [-0.3, -0.25) is 4.79 Å². The molecule has 29 heavy (non-hydrogen) atoms. The van der Waals surface area contributed by atoms with Gasteiger partial charge in [0.05, 0.1) is 18.6 Å². The lowest BCUT2D eigenvalue weighted by molar-refractivity contribution is -0.166. The van der Waals surface area contributed by atoms with Gasteiger partial charge in [-0.25, -0.2) is 4.79 Å². The topological polar surface area (TPSA) is 75.8 Å². The molecule has 6 heteroatoms. The molecular weight excluding hydrogens is 370 g/mol. The van der Waals surface area contributed by atoms with E-state index >= 15 is 0 Å². The van der Waals surface area contributed by atoms with Gasteiger partial charge in [-0.2, -0.15) is 0 Å². The van der Waals surface area contributed by atoms with Gasteiger partial charge in [-0.05, 0) is 69.0 Å². The van der Waals surface area contributed by atoms with Crippen molar-refractivity contribution in [1.82, 2.24) is 0 Å². The van der Waals surface area contributed by atoms with Crippen molar-refractivity contribution in [3.8, 4) is 5.75 Å². The summed E-state index contributed by atoms with van der Waals surface area (Å²) in [5.41, 5.74) is -2.22. The van der Waals surface area contributed by atoms with Gasteiger partial charge < -0.3 is 19.5 Å². The maximum Gasteiger partial charge on any atom is 0.334 e. The van der Waals surface area contributed by atoms with Crippen LogP contribution >= 0.6 is 0 Å². The second-order valence-electron chi connectivity index (χ2n) is 9.07. The molecule has 2 aliphatic heterocycles. The van der Waals surface area contributed by atoms with Crippen molar-refractivity contribution in [2.45, 2.75) is 50.9 Å². The Labute approximate surface area is 170 Å². The molecule has 2 aliphatic carbocycles. The summed E-state index contributed by atoms with van der Waals surface area (Å²) in [4.78, 5) is 28.1. The lowest BCUT2D eigenvalue weighted by Gasteiger charge is -2.43. The molecule has 3 fully saturated rings. The van der Waals surface area contributed by atoms with Gasteiger partial charge in [0.25, 0.3) is 0 Å².